The van der Waals surface area contributed by atoms with Crippen LogP contribution in [0.5, 0.6) is 0 Å². The minimum absolute atomic E-state index is 0.672. The number of rotatable bonds is 3. The van der Waals surface area contributed by atoms with Crippen molar-refractivity contribution in [1.29, 1.82) is 0 Å². The van der Waals surface area contributed by atoms with E-state index in [0.29, 0.717) is 17.5 Å². The normalized spacial score (nSPS) is 11.6. The molecule has 8 aromatic rings. The summed E-state index contributed by atoms with van der Waals surface area (Å²) in [5.74, 6) is 2.03. The van der Waals surface area contributed by atoms with Crippen LogP contribution in [0.25, 0.3) is 75.9 Å². The molecule has 0 N–H and O–H groups in total. The maximum atomic E-state index is 5.09. The van der Waals surface area contributed by atoms with Gasteiger partial charge in [-0.25, -0.2) is 15.0 Å². The molecular weight excluding hydrogens is 494 g/mol. The molecule has 2 heterocycles. The van der Waals surface area contributed by atoms with Gasteiger partial charge in [-0.15, -0.1) is 11.3 Å². The summed E-state index contributed by atoms with van der Waals surface area (Å²) in [4.78, 5) is 15.1. The Morgan fingerprint density at radius 1 is 0.410 bits per heavy atom. The van der Waals surface area contributed by atoms with Crippen LogP contribution in [0.1, 0.15) is 0 Å². The van der Waals surface area contributed by atoms with Crippen LogP contribution in [0.2, 0.25) is 0 Å². The van der Waals surface area contributed by atoms with Gasteiger partial charge < -0.3 is 0 Å². The second-order valence-electron chi connectivity index (χ2n) is 9.71. The van der Waals surface area contributed by atoms with E-state index in [2.05, 4.69) is 109 Å². The highest BCUT2D eigenvalue weighted by Crippen LogP contribution is 2.41. The van der Waals surface area contributed by atoms with E-state index < -0.39 is 0 Å². The summed E-state index contributed by atoms with van der Waals surface area (Å²) in [6.45, 7) is 0. The van der Waals surface area contributed by atoms with Crippen LogP contribution >= 0.6 is 11.3 Å². The number of nitrogens with zero attached hydrogens (tertiary/aromatic N) is 3. The topological polar surface area (TPSA) is 38.7 Å². The SMILES string of the molecule is c1ccc(-c2nc(-c3ccc4ccccc4c3)nc(-c3cccc4sc5cc6ccccc6cc5c34)n2)cc1. The molecule has 0 unspecified atom stereocenters. The molecule has 39 heavy (non-hydrogen) atoms. The molecule has 3 nitrogen and oxygen atoms in total. The Kier molecular flexibility index (Phi) is 5.00. The van der Waals surface area contributed by atoms with Gasteiger partial charge in [0, 0.05) is 36.9 Å². The average molecular weight is 516 g/mol. The zero-order valence-electron chi connectivity index (χ0n) is 20.9. The molecule has 4 heteroatoms. The van der Waals surface area contributed by atoms with Crippen LogP contribution in [0, 0.1) is 0 Å². The highest BCUT2D eigenvalue weighted by molar-refractivity contribution is 7.26. The van der Waals surface area contributed by atoms with E-state index in [9.17, 15) is 0 Å². The molecule has 0 aliphatic carbocycles. The molecule has 0 saturated heterocycles. The van der Waals surface area contributed by atoms with E-state index in [-0.39, 0.29) is 0 Å². The van der Waals surface area contributed by atoms with Gasteiger partial charge >= 0.3 is 0 Å². The van der Waals surface area contributed by atoms with E-state index in [1.807, 2.05) is 29.5 Å². The van der Waals surface area contributed by atoms with Crippen molar-refractivity contribution < 1.29 is 0 Å². The molecule has 0 bridgehead atoms. The summed E-state index contributed by atoms with van der Waals surface area (Å²) in [5, 5.41) is 7.27. The Bertz CT molecular complexity index is 2180. The summed E-state index contributed by atoms with van der Waals surface area (Å²) < 4.78 is 2.50. The lowest BCUT2D eigenvalue weighted by molar-refractivity contribution is 1.08. The maximum absolute atomic E-state index is 5.09. The molecule has 0 radical (unpaired) electrons. The molecule has 0 fully saturated rings. The molecule has 6 aromatic carbocycles. The van der Waals surface area contributed by atoms with Gasteiger partial charge in [0.05, 0.1) is 0 Å². The van der Waals surface area contributed by atoms with Gasteiger partial charge in [0.25, 0.3) is 0 Å². The van der Waals surface area contributed by atoms with Crippen molar-refractivity contribution in [2.75, 3.05) is 0 Å². The predicted octanol–water partition coefficient (Wildman–Crippen LogP) is 9.55. The molecule has 8 rings (SSSR count). The number of aromatic nitrogens is 3. The zero-order valence-corrected chi connectivity index (χ0v) is 21.7. The summed E-state index contributed by atoms with van der Waals surface area (Å²) in [6, 6.07) is 44.5. The van der Waals surface area contributed by atoms with Gasteiger partial charge in [-0.3, -0.25) is 0 Å². The molecule has 0 saturated carbocycles. The van der Waals surface area contributed by atoms with E-state index in [4.69, 9.17) is 15.0 Å². The molecular formula is C35H21N3S. The van der Waals surface area contributed by atoms with Crippen molar-refractivity contribution in [2.45, 2.75) is 0 Å². The zero-order chi connectivity index (χ0) is 25.8. The standard InChI is InChI=1S/C35H21N3S/c1-2-10-23(11-3-1)33-36-34(27-18-17-22-9-4-5-12-24(22)19-27)38-35(37-33)28-15-8-16-30-32(28)29-20-25-13-6-7-14-26(25)21-31(29)39-30/h1-21H. The third kappa shape index (κ3) is 3.77. The number of benzene rings is 6. The molecule has 0 aliphatic rings. The fourth-order valence-electron chi connectivity index (χ4n) is 5.37. The number of fused-ring (bicyclic) bond motifs is 5. The van der Waals surface area contributed by atoms with Crippen LogP contribution in [0.15, 0.2) is 127 Å². The summed E-state index contributed by atoms with van der Waals surface area (Å²) in [7, 11) is 0. The van der Waals surface area contributed by atoms with Crippen LogP contribution in [0.3, 0.4) is 0 Å². The van der Waals surface area contributed by atoms with Crippen molar-refractivity contribution >= 4 is 53.1 Å². The lowest BCUT2D eigenvalue weighted by atomic mass is 10.0. The highest BCUT2D eigenvalue weighted by Gasteiger charge is 2.17. The fraction of sp³-hybridized carbons (Fsp3) is 0. The summed E-state index contributed by atoms with van der Waals surface area (Å²) >= 11 is 1.82. The quantitative estimate of drug-likeness (QED) is 0.235. The van der Waals surface area contributed by atoms with Gasteiger partial charge in [-0.05, 0) is 45.8 Å². The monoisotopic (exact) mass is 515 g/mol. The smallest absolute Gasteiger partial charge is 0.164 e. The Morgan fingerprint density at radius 2 is 1.05 bits per heavy atom. The Hall–Kier alpha value is -4.93. The number of thiophene rings is 1. The van der Waals surface area contributed by atoms with Crippen LogP contribution in [-0.2, 0) is 0 Å². The highest BCUT2D eigenvalue weighted by atomic mass is 32.1. The summed E-state index contributed by atoms with van der Waals surface area (Å²) in [5.41, 5.74) is 2.97. The van der Waals surface area contributed by atoms with Crippen molar-refractivity contribution in [2.24, 2.45) is 0 Å². The van der Waals surface area contributed by atoms with Crippen molar-refractivity contribution in [3.8, 4) is 34.2 Å². The van der Waals surface area contributed by atoms with Gasteiger partial charge in [0.1, 0.15) is 0 Å². The first kappa shape index (κ1) is 22.1. The lowest BCUT2D eigenvalue weighted by Gasteiger charge is -2.10. The second kappa shape index (κ2) is 8.83. The predicted molar refractivity (Wildman–Crippen MR) is 164 cm³/mol. The van der Waals surface area contributed by atoms with Crippen molar-refractivity contribution in [3.05, 3.63) is 127 Å². The largest absolute Gasteiger partial charge is 0.208 e. The van der Waals surface area contributed by atoms with Gasteiger partial charge in [-0.2, -0.15) is 0 Å². The average Bonchev–Trinajstić information content (AvgIpc) is 3.37. The summed E-state index contributed by atoms with van der Waals surface area (Å²) in [6.07, 6.45) is 0. The minimum atomic E-state index is 0.672. The lowest BCUT2D eigenvalue weighted by Crippen LogP contribution is -2.00. The van der Waals surface area contributed by atoms with Crippen molar-refractivity contribution in [1.82, 2.24) is 15.0 Å². The Morgan fingerprint density at radius 3 is 1.85 bits per heavy atom. The molecule has 0 spiro atoms. The fourth-order valence-corrected chi connectivity index (χ4v) is 6.53. The van der Waals surface area contributed by atoms with Gasteiger partial charge in [0.2, 0.25) is 0 Å². The first-order chi connectivity index (χ1) is 19.3. The van der Waals surface area contributed by atoms with Crippen LogP contribution in [-0.4, -0.2) is 15.0 Å². The first-order valence-electron chi connectivity index (χ1n) is 13.0. The first-order valence-corrected chi connectivity index (χ1v) is 13.8. The van der Waals surface area contributed by atoms with Crippen LogP contribution < -0.4 is 0 Å². The van der Waals surface area contributed by atoms with Gasteiger partial charge in [-0.1, -0.05) is 103 Å². The molecule has 182 valence electrons. The number of hydrogen-bond acceptors (Lipinski definition) is 4. The minimum Gasteiger partial charge on any atom is -0.208 e. The Labute approximate surface area is 229 Å². The number of hydrogen-bond donors (Lipinski definition) is 0. The molecule has 2 aromatic heterocycles. The Balaban J connectivity index is 1.41. The molecule has 0 amide bonds. The third-order valence-corrected chi connectivity index (χ3v) is 8.40. The second-order valence-corrected chi connectivity index (χ2v) is 10.8. The van der Waals surface area contributed by atoms with E-state index in [1.54, 1.807) is 0 Å². The van der Waals surface area contributed by atoms with Crippen molar-refractivity contribution in [3.63, 3.8) is 0 Å². The molecule has 0 atom stereocenters. The van der Waals surface area contributed by atoms with Crippen LogP contribution in [0.4, 0.5) is 0 Å². The van der Waals surface area contributed by atoms with E-state index in [0.717, 1.165) is 22.1 Å². The third-order valence-electron chi connectivity index (χ3n) is 7.28. The van der Waals surface area contributed by atoms with E-state index >= 15 is 0 Å². The maximum Gasteiger partial charge on any atom is 0.164 e. The van der Waals surface area contributed by atoms with Gasteiger partial charge in [0.15, 0.2) is 17.5 Å². The molecule has 0 aliphatic heterocycles. The van der Waals surface area contributed by atoms with E-state index in [1.165, 1.54) is 36.3 Å².